The SMILES string of the molecule is Nc1cc(N)c(NCC(O)c2ccsc2)c(F)c1Cl. The first-order chi connectivity index (χ1) is 9.00. The van der Waals surface area contributed by atoms with E-state index in [2.05, 4.69) is 5.32 Å². The molecule has 1 heterocycles. The number of aliphatic hydroxyl groups excluding tert-OH is 1. The molecule has 0 radical (unpaired) electrons. The Morgan fingerprint density at radius 2 is 2.16 bits per heavy atom. The van der Waals surface area contributed by atoms with E-state index in [-0.39, 0.29) is 28.6 Å². The Bertz CT molecular complexity index is 577. The van der Waals surface area contributed by atoms with Gasteiger partial charge < -0.3 is 21.9 Å². The summed E-state index contributed by atoms with van der Waals surface area (Å²) in [5.41, 5.74) is 12.2. The molecule has 4 nitrogen and oxygen atoms in total. The highest BCUT2D eigenvalue weighted by atomic mass is 35.5. The molecule has 1 aromatic heterocycles. The van der Waals surface area contributed by atoms with Crippen molar-refractivity contribution in [3.63, 3.8) is 0 Å². The Hall–Kier alpha value is -1.50. The number of aliphatic hydroxyl groups is 1. The van der Waals surface area contributed by atoms with Crippen molar-refractivity contribution in [1.29, 1.82) is 0 Å². The van der Waals surface area contributed by atoms with Gasteiger partial charge in [-0.25, -0.2) is 4.39 Å². The smallest absolute Gasteiger partial charge is 0.169 e. The molecule has 2 rings (SSSR count). The lowest BCUT2D eigenvalue weighted by Crippen LogP contribution is -2.14. The van der Waals surface area contributed by atoms with E-state index < -0.39 is 11.9 Å². The molecule has 0 amide bonds. The Kier molecular flexibility index (Phi) is 4.14. The number of benzene rings is 1. The van der Waals surface area contributed by atoms with Gasteiger partial charge in [-0.1, -0.05) is 11.6 Å². The van der Waals surface area contributed by atoms with Gasteiger partial charge in [0.05, 0.1) is 23.2 Å². The molecule has 0 saturated heterocycles. The lowest BCUT2D eigenvalue weighted by Gasteiger charge is -2.15. The molecule has 7 heteroatoms. The van der Waals surface area contributed by atoms with E-state index >= 15 is 0 Å². The van der Waals surface area contributed by atoms with Gasteiger partial charge in [0.2, 0.25) is 0 Å². The summed E-state index contributed by atoms with van der Waals surface area (Å²) in [5.74, 6) is -0.711. The summed E-state index contributed by atoms with van der Waals surface area (Å²) in [4.78, 5) is 0. The van der Waals surface area contributed by atoms with Crippen LogP contribution >= 0.6 is 22.9 Å². The third-order valence-corrected chi connectivity index (χ3v) is 3.75. The van der Waals surface area contributed by atoms with Crippen molar-refractivity contribution in [3.05, 3.63) is 39.3 Å². The molecule has 1 atom stereocenters. The molecule has 0 spiro atoms. The van der Waals surface area contributed by atoms with Gasteiger partial charge in [0.25, 0.3) is 0 Å². The number of anilines is 3. The summed E-state index contributed by atoms with van der Waals surface area (Å²) >= 11 is 7.19. The Morgan fingerprint density at radius 3 is 2.79 bits per heavy atom. The molecule has 0 aliphatic carbocycles. The van der Waals surface area contributed by atoms with Crippen LogP contribution in [0.2, 0.25) is 5.02 Å². The number of halogens is 2. The number of hydrogen-bond acceptors (Lipinski definition) is 5. The van der Waals surface area contributed by atoms with E-state index in [4.69, 9.17) is 23.1 Å². The average molecular weight is 302 g/mol. The third-order valence-electron chi connectivity index (χ3n) is 2.67. The molecule has 1 aromatic carbocycles. The maximum absolute atomic E-state index is 13.9. The molecule has 0 saturated carbocycles. The fraction of sp³-hybridized carbons (Fsp3) is 0.167. The minimum Gasteiger partial charge on any atom is -0.397 e. The minimum atomic E-state index is -0.749. The summed E-state index contributed by atoms with van der Waals surface area (Å²) in [7, 11) is 0. The number of thiophene rings is 1. The molecule has 2 aromatic rings. The lowest BCUT2D eigenvalue weighted by atomic mass is 10.2. The first kappa shape index (κ1) is 13.9. The van der Waals surface area contributed by atoms with E-state index in [0.29, 0.717) is 0 Å². The molecular weight excluding hydrogens is 289 g/mol. The normalized spacial score (nSPS) is 12.4. The quantitative estimate of drug-likeness (QED) is 0.654. The van der Waals surface area contributed by atoms with Crippen LogP contribution in [0.3, 0.4) is 0 Å². The third kappa shape index (κ3) is 2.91. The number of rotatable bonds is 4. The maximum Gasteiger partial charge on any atom is 0.169 e. The second kappa shape index (κ2) is 5.64. The molecule has 1 unspecified atom stereocenters. The molecule has 102 valence electrons. The van der Waals surface area contributed by atoms with Crippen molar-refractivity contribution in [3.8, 4) is 0 Å². The van der Waals surface area contributed by atoms with E-state index in [1.165, 1.54) is 17.4 Å². The molecule has 0 aliphatic heterocycles. The fourth-order valence-electron chi connectivity index (χ4n) is 1.63. The second-order valence-corrected chi connectivity index (χ2v) is 5.17. The zero-order chi connectivity index (χ0) is 14.0. The van der Waals surface area contributed by atoms with Crippen LogP contribution in [0.1, 0.15) is 11.7 Å². The van der Waals surface area contributed by atoms with E-state index in [0.717, 1.165) is 5.56 Å². The Morgan fingerprint density at radius 1 is 1.42 bits per heavy atom. The Balaban J connectivity index is 2.14. The van der Waals surface area contributed by atoms with Crippen LogP contribution < -0.4 is 16.8 Å². The number of nitrogen functional groups attached to an aromatic ring is 2. The standard InChI is InChI=1S/C12H13ClFN3OS/c13-10-7(15)3-8(16)12(11(10)14)17-4-9(18)6-1-2-19-5-6/h1-3,5,9,17-18H,4,15-16H2. The van der Waals surface area contributed by atoms with Crippen LogP contribution in [-0.2, 0) is 0 Å². The predicted octanol–water partition coefficient (Wildman–Crippen LogP) is 2.85. The van der Waals surface area contributed by atoms with Crippen molar-refractivity contribution < 1.29 is 9.50 Å². The highest BCUT2D eigenvalue weighted by molar-refractivity contribution is 7.07. The first-order valence-corrected chi connectivity index (χ1v) is 6.79. The molecule has 0 bridgehead atoms. The molecule has 19 heavy (non-hydrogen) atoms. The minimum absolute atomic E-state index is 0.0495. The van der Waals surface area contributed by atoms with Gasteiger partial charge in [-0.05, 0) is 28.5 Å². The highest BCUT2D eigenvalue weighted by Crippen LogP contribution is 2.34. The van der Waals surface area contributed by atoms with Crippen LogP contribution in [0.4, 0.5) is 21.5 Å². The predicted molar refractivity (Wildman–Crippen MR) is 78.0 cm³/mol. The van der Waals surface area contributed by atoms with Crippen molar-refractivity contribution in [2.75, 3.05) is 23.3 Å². The van der Waals surface area contributed by atoms with Gasteiger partial charge in [-0.3, -0.25) is 0 Å². The summed E-state index contributed by atoms with van der Waals surface area (Å²) in [6.45, 7) is 0.123. The van der Waals surface area contributed by atoms with Crippen molar-refractivity contribution in [1.82, 2.24) is 0 Å². The van der Waals surface area contributed by atoms with Gasteiger partial charge in [0, 0.05) is 6.54 Å². The zero-order valence-corrected chi connectivity index (χ0v) is 11.4. The largest absolute Gasteiger partial charge is 0.397 e. The van der Waals surface area contributed by atoms with Gasteiger partial charge >= 0.3 is 0 Å². The van der Waals surface area contributed by atoms with Gasteiger partial charge in [-0.15, -0.1) is 0 Å². The van der Waals surface area contributed by atoms with Crippen molar-refractivity contribution in [2.24, 2.45) is 0 Å². The fourth-order valence-corrected chi connectivity index (χ4v) is 2.48. The molecule has 0 fully saturated rings. The molecule has 0 aliphatic rings. The summed E-state index contributed by atoms with van der Waals surface area (Å²) in [6, 6.07) is 3.18. The van der Waals surface area contributed by atoms with Crippen LogP contribution in [0.25, 0.3) is 0 Å². The second-order valence-electron chi connectivity index (χ2n) is 4.01. The van der Waals surface area contributed by atoms with Crippen LogP contribution in [0, 0.1) is 5.82 Å². The average Bonchev–Trinajstić information content (AvgIpc) is 2.89. The zero-order valence-electron chi connectivity index (χ0n) is 9.86. The highest BCUT2D eigenvalue weighted by Gasteiger charge is 2.15. The van der Waals surface area contributed by atoms with Crippen LogP contribution in [0.5, 0.6) is 0 Å². The number of hydrogen-bond donors (Lipinski definition) is 4. The summed E-state index contributed by atoms with van der Waals surface area (Å²) in [6.07, 6.45) is -0.749. The van der Waals surface area contributed by atoms with E-state index in [1.54, 1.807) is 6.07 Å². The van der Waals surface area contributed by atoms with Crippen molar-refractivity contribution in [2.45, 2.75) is 6.10 Å². The lowest BCUT2D eigenvalue weighted by molar-refractivity contribution is 0.192. The first-order valence-electron chi connectivity index (χ1n) is 5.47. The molecule has 6 N–H and O–H groups in total. The van der Waals surface area contributed by atoms with E-state index in [9.17, 15) is 9.50 Å². The molecular formula is C12H13ClFN3OS. The van der Waals surface area contributed by atoms with Crippen molar-refractivity contribution >= 4 is 40.0 Å². The number of nitrogens with two attached hydrogens (primary N) is 2. The van der Waals surface area contributed by atoms with Gasteiger partial charge in [0.1, 0.15) is 5.02 Å². The van der Waals surface area contributed by atoms with Crippen LogP contribution in [0.15, 0.2) is 22.9 Å². The van der Waals surface area contributed by atoms with Crippen LogP contribution in [-0.4, -0.2) is 11.7 Å². The summed E-state index contributed by atoms with van der Waals surface area (Å²) in [5, 5.41) is 16.1. The Labute approximate surface area is 118 Å². The monoisotopic (exact) mass is 301 g/mol. The topological polar surface area (TPSA) is 84.3 Å². The van der Waals surface area contributed by atoms with Gasteiger partial charge in [0.15, 0.2) is 5.82 Å². The van der Waals surface area contributed by atoms with E-state index in [1.807, 2.05) is 10.8 Å². The van der Waals surface area contributed by atoms with Gasteiger partial charge in [-0.2, -0.15) is 11.3 Å². The number of nitrogens with one attached hydrogen (secondary N) is 1. The summed E-state index contributed by atoms with van der Waals surface area (Å²) < 4.78 is 13.9. The maximum atomic E-state index is 13.9.